The molecule has 0 saturated carbocycles. The molecule has 1 unspecified atom stereocenters. The topological polar surface area (TPSA) is 26.0 Å². The van der Waals surface area contributed by atoms with E-state index >= 15 is 0 Å². The van der Waals surface area contributed by atoms with Crippen LogP contribution in [0.4, 0.5) is 8.78 Å². The molecule has 0 spiro atoms. The van der Waals surface area contributed by atoms with E-state index in [0.717, 1.165) is 6.07 Å². The van der Waals surface area contributed by atoms with Crippen molar-refractivity contribution in [3.8, 4) is 0 Å². The number of hydrogen-bond acceptors (Lipinski definition) is 1. The number of benzene rings is 2. The van der Waals surface area contributed by atoms with Crippen LogP contribution in [0.25, 0.3) is 0 Å². The predicted molar refractivity (Wildman–Crippen MR) is 76.6 cm³/mol. The first-order chi connectivity index (χ1) is 8.93. The molecular formula is C13H8BrCl2F2N. The molecule has 2 rings (SSSR count). The predicted octanol–water partition coefficient (Wildman–Crippen LogP) is 5.08. The molecule has 2 N–H and O–H groups in total. The lowest BCUT2D eigenvalue weighted by Gasteiger charge is -2.17. The molecular weight excluding hydrogens is 359 g/mol. The molecule has 0 amide bonds. The first kappa shape index (κ1) is 14.7. The third-order valence-electron chi connectivity index (χ3n) is 2.70. The Morgan fingerprint density at radius 2 is 1.58 bits per heavy atom. The van der Waals surface area contributed by atoms with Crippen LogP contribution in [0.15, 0.2) is 34.8 Å². The standard InChI is InChI=1S/C13H8BrCl2F2N/c14-6-4-5-9(17)11(12(6)18)13(19)10-7(15)2-1-3-8(10)16/h1-5,13H,19H2. The normalized spacial score (nSPS) is 12.5. The monoisotopic (exact) mass is 365 g/mol. The van der Waals surface area contributed by atoms with Gasteiger partial charge in [0.2, 0.25) is 0 Å². The fraction of sp³-hybridized carbons (Fsp3) is 0.0769. The first-order valence-electron chi connectivity index (χ1n) is 5.26. The molecule has 100 valence electrons. The zero-order valence-electron chi connectivity index (χ0n) is 9.43. The van der Waals surface area contributed by atoms with Gasteiger partial charge in [0.05, 0.1) is 10.5 Å². The van der Waals surface area contributed by atoms with E-state index in [9.17, 15) is 8.78 Å². The molecule has 0 bridgehead atoms. The summed E-state index contributed by atoms with van der Waals surface area (Å²) in [4.78, 5) is 0. The minimum atomic E-state index is -1.08. The quantitative estimate of drug-likeness (QED) is 0.736. The zero-order valence-corrected chi connectivity index (χ0v) is 12.5. The molecule has 0 aliphatic heterocycles. The molecule has 0 aliphatic rings. The van der Waals surface area contributed by atoms with E-state index in [1.807, 2.05) is 0 Å². The highest BCUT2D eigenvalue weighted by molar-refractivity contribution is 9.10. The maximum atomic E-state index is 14.0. The van der Waals surface area contributed by atoms with Crippen LogP contribution in [0, 0.1) is 11.6 Å². The van der Waals surface area contributed by atoms with Gasteiger partial charge in [-0.2, -0.15) is 0 Å². The van der Waals surface area contributed by atoms with E-state index in [1.165, 1.54) is 6.07 Å². The lowest BCUT2D eigenvalue weighted by Crippen LogP contribution is -2.17. The van der Waals surface area contributed by atoms with Crippen molar-refractivity contribution < 1.29 is 8.78 Å². The highest BCUT2D eigenvalue weighted by Crippen LogP contribution is 2.36. The van der Waals surface area contributed by atoms with Crippen molar-refractivity contribution >= 4 is 39.1 Å². The van der Waals surface area contributed by atoms with Crippen LogP contribution < -0.4 is 5.73 Å². The molecule has 0 fully saturated rings. The average molecular weight is 367 g/mol. The van der Waals surface area contributed by atoms with Crippen molar-refractivity contribution in [3.05, 3.63) is 67.6 Å². The molecule has 1 nitrogen and oxygen atoms in total. The number of halogens is 5. The summed E-state index contributed by atoms with van der Waals surface area (Å²) in [6.07, 6.45) is 0. The van der Waals surface area contributed by atoms with Gasteiger partial charge in [0, 0.05) is 21.2 Å². The summed E-state index contributed by atoms with van der Waals surface area (Å²) in [7, 11) is 0. The van der Waals surface area contributed by atoms with Gasteiger partial charge in [0.15, 0.2) is 0 Å². The van der Waals surface area contributed by atoms with Crippen LogP contribution in [0.2, 0.25) is 10.0 Å². The molecule has 6 heteroatoms. The summed E-state index contributed by atoms with van der Waals surface area (Å²) in [6, 6.07) is 6.09. The Balaban J connectivity index is 2.63. The van der Waals surface area contributed by atoms with E-state index in [1.54, 1.807) is 18.2 Å². The second kappa shape index (κ2) is 5.75. The van der Waals surface area contributed by atoms with E-state index in [0.29, 0.717) is 5.56 Å². The summed E-state index contributed by atoms with van der Waals surface area (Å²) >= 11 is 15.0. The Bertz CT molecular complexity index is 614. The Labute approximate surface area is 127 Å². The minimum absolute atomic E-state index is 0.127. The average Bonchev–Trinajstić information content (AvgIpc) is 2.34. The van der Waals surface area contributed by atoms with Crippen LogP contribution in [0.5, 0.6) is 0 Å². The summed E-state index contributed by atoms with van der Waals surface area (Å²) < 4.78 is 27.9. The molecule has 0 saturated heterocycles. The van der Waals surface area contributed by atoms with E-state index in [4.69, 9.17) is 28.9 Å². The van der Waals surface area contributed by atoms with Gasteiger partial charge in [-0.05, 0) is 40.2 Å². The van der Waals surface area contributed by atoms with Gasteiger partial charge in [0.25, 0.3) is 0 Å². The molecule has 0 radical (unpaired) electrons. The Morgan fingerprint density at radius 1 is 1.00 bits per heavy atom. The fourth-order valence-electron chi connectivity index (χ4n) is 1.78. The highest BCUT2D eigenvalue weighted by atomic mass is 79.9. The lowest BCUT2D eigenvalue weighted by molar-refractivity contribution is 0.539. The van der Waals surface area contributed by atoms with Crippen LogP contribution in [0.3, 0.4) is 0 Å². The van der Waals surface area contributed by atoms with E-state index in [2.05, 4.69) is 15.9 Å². The smallest absolute Gasteiger partial charge is 0.145 e. The first-order valence-corrected chi connectivity index (χ1v) is 6.81. The van der Waals surface area contributed by atoms with Crippen molar-refractivity contribution in [2.24, 2.45) is 5.73 Å². The highest BCUT2D eigenvalue weighted by Gasteiger charge is 2.24. The second-order valence-corrected chi connectivity index (χ2v) is 5.54. The van der Waals surface area contributed by atoms with Crippen LogP contribution >= 0.6 is 39.1 Å². The third-order valence-corrected chi connectivity index (χ3v) is 3.97. The molecule has 1 atom stereocenters. The Morgan fingerprint density at radius 3 is 2.16 bits per heavy atom. The lowest BCUT2D eigenvalue weighted by atomic mass is 9.98. The van der Waals surface area contributed by atoms with Gasteiger partial charge >= 0.3 is 0 Å². The molecule has 0 aromatic heterocycles. The summed E-state index contributed by atoms with van der Waals surface area (Å²) in [5, 5.41) is 0.526. The second-order valence-electron chi connectivity index (χ2n) is 3.87. The third kappa shape index (κ3) is 2.77. The number of nitrogens with two attached hydrogens (primary N) is 1. The van der Waals surface area contributed by atoms with Gasteiger partial charge in [-0.15, -0.1) is 0 Å². The summed E-state index contributed by atoms with van der Waals surface area (Å²) in [5.41, 5.74) is 5.94. The van der Waals surface area contributed by atoms with Crippen molar-refractivity contribution in [2.75, 3.05) is 0 Å². The van der Waals surface area contributed by atoms with Crippen molar-refractivity contribution in [2.45, 2.75) is 6.04 Å². The van der Waals surface area contributed by atoms with Crippen molar-refractivity contribution in [1.82, 2.24) is 0 Å². The maximum Gasteiger partial charge on any atom is 0.145 e. The minimum Gasteiger partial charge on any atom is -0.320 e. The summed E-state index contributed by atoms with van der Waals surface area (Å²) in [5.74, 6) is -1.51. The Kier molecular flexibility index (Phi) is 4.46. The van der Waals surface area contributed by atoms with Gasteiger partial charge in [0.1, 0.15) is 11.6 Å². The van der Waals surface area contributed by atoms with Gasteiger partial charge in [-0.3, -0.25) is 0 Å². The molecule has 2 aromatic carbocycles. The van der Waals surface area contributed by atoms with E-state index < -0.39 is 17.7 Å². The molecule has 0 aliphatic carbocycles. The summed E-state index contributed by atoms with van der Waals surface area (Å²) in [6.45, 7) is 0. The van der Waals surface area contributed by atoms with Gasteiger partial charge < -0.3 is 5.73 Å². The van der Waals surface area contributed by atoms with Crippen LogP contribution in [-0.2, 0) is 0 Å². The van der Waals surface area contributed by atoms with E-state index in [-0.39, 0.29) is 20.1 Å². The van der Waals surface area contributed by atoms with Crippen LogP contribution in [-0.4, -0.2) is 0 Å². The van der Waals surface area contributed by atoms with Crippen molar-refractivity contribution in [3.63, 3.8) is 0 Å². The fourth-order valence-corrected chi connectivity index (χ4v) is 2.76. The molecule has 0 heterocycles. The molecule has 2 aromatic rings. The number of hydrogen-bond donors (Lipinski definition) is 1. The van der Waals surface area contributed by atoms with Crippen LogP contribution in [0.1, 0.15) is 17.2 Å². The van der Waals surface area contributed by atoms with Gasteiger partial charge in [-0.1, -0.05) is 29.3 Å². The zero-order chi connectivity index (χ0) is 14.2. The number of rotatable bonds is 2. The SMILES string of the molecule is NC(c1c(Cl)cccc1Cl)c1c(F)ccc(Br)c1F. The van der Waals surface area contributed by atoms with Gasteiger partial charge in [-0.25, -0.2) is 8.78 Å². The Hall–Kier alpha value is -0.680. The van der Waals surface area contributed by atoms with Crippen molar-refractivity contribution in [1.29, 1.82) is 0 Å². The maximum absolute atomic E-state index is 14.0. The molecule has 19 heavy (non-hydrogen) atoms. The largest absolute Gasteiger partial charge is 0.320 e.